The van der Waals surface area contributed by atoms with Gasteiger partial charge >= 0.3 is 12.1 Å². The highest BCUT2D eigenvalue weighted by Gasteiger charge is 2.63. The predicted molar refractivity (Wildman–Crippen MR) is 185 cm³/mol. The lowest BCUT2D eigenvalue weighted by atomic mass is 9.72. The van der Waals surface area contributed by atoms with Crippen molar-refractivity contribution in [3.05, 3.63) is 46.5 Å². The van der Waals surface area contributed by atoms with Crippen LogP contribution in [0.15, 0.2) is 35.9 Å². The number of hydrogen-bond acceptors (Lipinski definition) is 11. The molecule has 0 aromatic heterocycles. The van der Waals surface area contributed by atoms with Crippen LogP contribution in [0.2, 0.25) is 5.02 Å². The van der Waals surface area contributed by atoms with E-state index in [1.165, 1.54) is 33.0 Å². The first-order valence-corrected chi connectivity index (χ1v) is 17.3. The number of alkyl carbamates (subject to hydrolysis) is 1. The molecule has 0 radical (unpaired) electrons. The highest BCUT2D eigenvalue weighted by Crippen LogP contribution is 2.50. The largest absolute Gasteiger partial charge is 0.495 e. The van der Waals surface area contributed by atoms with Gasteiger partial charge in [0.2, 0.25) is 5.91 Å². The van der Waals surface area contributed by atoms with Gasteiger partial charge in [0.15, 0.2) is 5.72 Å². The summed E-state index contributed by atoms with van der Waals surface area (Å²) >= 11 is 6.89. The number of allylic oxidation sites excluding steroid dienone is 3. The molecule has 3 saturated heterocycles. The molecule has 3 unspecified atom stereocenters. The van der Waals surface area contributed by atoms with Gasteiger partial charge in [-0.2, -0.15) is 0 Å². The molecule has 280 valence electrons. The summed E-state index contributed by atoms with van der Waals surface area (Å²) in [5, 5.41) is 28.3. The molecule has 1 aromatic rings. The maximum absolute atomic E-state index is 14.6. The molecule has 9 atom stereocenters. The van der Waals surface area contributed by atoms with Gasteiger partial charge in [0, 0.05) is 32.4 Å². The Morgan fingerprint density at radius 1 is 1.02 bits per heavy atom. The zero-order valence-electron chi connectivity index (χ0n) is 30.2. The molecule has 3 amide bonds. The van der Waals surface area contributed by atoms with Gasteiger partial charge < -0.3 is 44.1 Å². The van der Waals surface area contributed by atoms with E-state index in [-0.39, 0.29) is 36.5 Å². The number of halogens is 1. The fourth-order valence-electron chi connectivity index (χ4n) is 7.34. The lowest BCUT2D eigenvalue weighted by Gasteiger charge is -2.59. The molecular weight excluding hydrogens is 686 g/mol. The second kappa shape index (κ2) is 14.0. The minimum Gasteiger partial charge on any atom is -0.495 e. The minimum atomic E-state index is -2.00. The number of nitrogens with one attached hydrogen (secondary N) is 2. The fraction of sp³-hybridized carbons (Fsp3) is 0.611. The van der Waals surface area contributed by atoms with Crippen LogP contribution in [0.1, 0.15) is 66.4 Å². The summed E-state index contributed by atoms with van der Waals surface area (Å²) in [6.07, 6.45) is 1.22. The van der Waals surface area contributed by atoms with Crippen LogP contribution in [0.4, 0.5) is 10.5 Å². The topological polar surface area (TPSA) is 182 Å². The molecule has 4 N–H and O–H groups in total. The third-order valence-corrected chi connectivity index (χ3v) is 10.9. The molecule has 0 saturated carbocycles. The molecule has 8 bridgehead atoms. The second-order valence-corrected chi connectivity index (χ2v) is 15.2. The fourth-order valence-corrected chi connectivity index (χ4v) is 7.63. The monoisotopic (exact) mass is 733 g/mol. The first-order chi connectivity index (χ1) is 23.7. The summed E-state index contributed by atoms with van der Waals surface area (Å²) in [7, 11) is 2.87. The van der Waals surface area contributed by atoms with E-state index in [1.54, 1.807) is 45.1 Å². The first kappa shape index (κ1) is 38.5. The molecular formula is C36H48ClN3O11. The van der Waals surface area contributed by atoms with E-state index in [0.29, 0.717) is 12.2 Å². The van der Waals surface area contributed by atoms with Crippen molar-refractivity contribution in [2.45, 2.75) is 114 Å². The van der Waals surface area contributed by atoms with E-state index in [1.807, 2.05) is 13.0 Å². The number of amides is 3. The molecule has 5 heterocycles. The normalized spacial score (nSPS) is 39.5. The van der Waals surface area contributed by atoms with Crippen LogP contribution in [0, 0.1) is 5.92 Å². The molecule has 0 spiro atoms. The van der Waals surface area contributed by atoms with Crippen molar-refractivity contribution in [1.29, 1.82) is 0 Å². The Hall–Kier alpha value is -3.69. The number of rotatable bonds is 2. The molecule has 0 aliphatic carbocycles. The van der Waals surface area contributed by atoms with Crippen molar-refractivity contribution in [3.8, 4) is 5.75 Å². The van der Waals surface area contributed by atoms with Crippen molar-refractivity contribution in [3.63, 3.8) is 0 Å². The molecule has 15 heteroatoms. The Labute approximate surface area is 302 Å². The standard InChI is InChI=1S/C36H48ClN3O11/c1-19-10-9-11-25(48-8)36(46)16-27(50-32(44)39-36)34(5)18-33(4,51-34)26-15-28(41)40(23-13-22(12-19)14-24(47-7)29(23)37)17-20(2)35(6,45)31(43)38-21(3)30(42)49-26/h9-11,13-14,20-21,25-27,45-46H,12,15-18H2,1-8H3,(H,38,43)(H,39,44)/b11-9+,19-10+/t20?,21-,25+,26-,27-,33+,34?,35?,36-/m0/s1. The number of benzene rings is 1. The van der Waals surface area contributed by atoms with Crippen LogP contribution >= 0.6 is 11.6 Å². The molecule has 6 rings (SSSR count). The zero-order valence-corrected chi connectivity index (χ0v) is 31.0. The third-order valence-electron chi connectivity index (χ3n) is 10.6. The summed E-state index contributed by atoms with van der Waals surface area (Å²) < 4.78 is 29.3. The summed E-state index contributed by atoms with van der Waals surface area (Å²) in [6.45, 7) is 9.50. The van der Waals surface area contributed by atoms with Crippen molar-refractivity contribution < 1.29 is 53.1 Å². The number of hydrogen-bond donors (Lipinski definition) is 4. The van der Waals surface area contributed by atoms with E-state index >= 15 is 0 Å². The molecule has 3 fully saturated rings. The Morgan fingerprint density at radius 3 is 2.33 bits per heavy atom. The summed E-state index contributed by atoms with van der Waals surface area (Å²) in [5.74, 6) is -2.75. The third kappa shape index (κ3) is 7.47. The van der Waals surface area contributed by atoms with E-state index in [2.05, 4.69) is 10.6 Å². The van der Waals surface area contributed by atoms with E-state index in [0.717, 1.165) is 11.1 Å². The molecule has 5 aliphatic rings. The van der Waals surface area contributed by atoms with Crippen LogP contribution in [-0.4, -0.2) is 102 Å². The highest BCUT2D eigenvalue weighted by molar-refractivity contribution is 6.35. The number of aliphatic hydroxyl groups is 2. The average molecular weight is 734 g/mol. The summed E-state index contributed by atoms with van der Waals surface area (Å²) in [4.78, 5) is 55.6. The van der Waals surface area contributed by atoms with Gasteiger partial charge in [0.1, 0.15) is 51.9 Å². The van der Waals surface area contributed by atoms with Gasteiger partial charge in [-0.05, 0) is 58.7 Å². The van der Waals surface area contributed by atoms with E-state index in [4.69, 9.17) is 35.3 Å². The Kier molecular flexibility index (Phi) is 10.6. The molecule has 5 aliphatic heterocycles. The SMILES string of the molecule is COc1cc2cc(c1Cl)N1CC(C)C(C)(O)C(=O)N[C@@H](C)C(=O)O[C@@H](CC1=O)[C@@]1(C)CC(C)(O1)[C@@H]1C[C@@](O)(NC(=O)O1)[C@H](OC)/C=C/C=C(\C)C2. The molecule has 1 aromatic carbocycles. The first-order valence-electron chi connectivity index (χ1n) is 16.9. The Bertz CT molecular complexity index is 1640. The van der Waals surface area contributed by atoms with E-state index in [9.17, 15) is 29.4 Å². The van der Waals surface area contributed by atoms with Crippen LogP contribution in [0.3, 0.4) is 0 Å². The number of esters is 1. The van der Waals surface area contributed by atoms with Gasteiger partial charge in [-0.3, -0.25) is 14.9 Å². The average Bonchev–Trinajstić information content (AvgIpc) is 3.03. The van der Waals surface area contributed by atoms with E-state index < -0.39 is 76.7 Å². The maximum Gasteiger partial charge on any atom is 0.409 e. The van der Waals surface area contributed by atoms with Gasteiger partial charge in [0.25, 0.3) is 5.91 Å². The predicted octanol–water partition coefficient (Wildman–Crippen LogP) is 3.09. The summed E-state index contributed by atoms with van der Waals surface area (Å²) in [5.41, 5.74) is -4.44. The van der Waals surface area contributed by atoms with Gasteiger partial charge in [-0.25, -0.2) is 9.59 Å². The summed E-state index contributed by atoms with van der Waals surface area (Å²) in [6, 6.07) is 2.31. The zero-order chi connectivity index (χ0) is 37.7. The number of fused-ring (bicyclic) bond motifs is 3. The van der Waals surface area contributed by atoms with Gasteiger partial charge in [-0.15, -0.1) is 0 Å². The minimum absolute atomic E-state index is 0.112. The Morgan fingerprint density at radius 2 is 1.69 bits per heavy atom. The van der Waals surface area contributed by atoms with Gasteiger partial charge in [0.05, 0.1) is 19.2 Å². The van der Waals surface area contributed by atoms with Crippen molar-refractivity contribution >= 4 is 41.2 Å². The quantitative estimate of drug-likeness (QED) is 0.328. The number of anilines is 1. The number of ether oxygens (including phenoxy) is 5. The van der Waals surface area contributed by atoms with Crippen LogP contribution < -0.4 is 20.3 Å². The lowest BCUT2D eigenvalue weighted by Crippen LogP contribution is -2.73. The maximum atomic E-state index is 14.6. The van der Waals surface area contributed by atoms with Crippen molar-refractivity contribution in [2.24, 2.45) is 5.92 Å². The van der Waals surface area contributed by atoms with Crippen LogP contribution in [-0.2, 0) is 39.8 Å². The number of nitrogens with zero attached hydrogens (tertiary/aromatic N) is 1. The molecule has 51 heavy (non-hydrogen) atoms. The van der Waals surface area contributed by atoms with Crippen molar-refractivity contribution in [1.82, 2.24) is 10.6 Å². The number of methoxy groups -OCH3 is 2. The highest BCUT2D eigenvalue weighted by atomic mass is 35.5. The second-order valence-electron chi connectivity index (χ2n) is 14.8. The van der Waals surface area contributed by atoms with Crippen LogP contribution in [0.25, 0.3) is 0 Å². The molecule has 14 nitrogen and oxygen atoms in total. The number of carbonyl (C=O) groups excluding carboxylic acids is 4. The van der Waals surface area contributed by atoms with Gasteiger partial charge in [-0.1, -0.05) is 42.3 Å². The van der Waals surface area contributed by atoms with Crippen LogP contribution in [0.5, 0.6) is 5.75 Å². The Balaban J connectivity index is 1.68. The number of carbonyl (C=O) groups is 4. The van der Waals surface area contributed by atoms with Crippen molar-refractivity contribution in [2.75, 3.05) is 25.7 Å². The smallest absolute Gasteiger partial charge is 0.409 e. The lowest BCUT2D eigenvalue weighted by molar-refractivity contribution is -0.328.